The molecule has 6 nitrogen and oxygen atoms in total. The highest BCUT2D eigenvalue weighted by Gasteiger charge is 2.18. The van der Waals surface area contributed by atoms with Gasteiger partial charge in [0.25, 0.3) is 11.8 Å². The maximum atomic E-state index is 13.4. The first kappa shape index (κ1) is 18.7. The van der Waals surface area contributed by atoms with E-state index in [-0.39, 0.29) is 21.2 Å². The van der Waals surface area contributed by atoms with Gasteiger partial charge in [0.05, 0.1) is 21.2 Å². The van der Waals surface area contributed by atoms with Crippen LogP contribution >= 0.6 is 23.2 Å². The van der Waals surface area contributed by atoms with Crippen LogP contribution in [-0.2, 0) is 9.53 Å². The molecule has 2 amide bonds. The Hall–Kier alpha value is -2.64. The zero-order valence-corrected chi connectivity index (χ0v) is 14.0. The van der Waals surface area contributed by atoms with Gasteiger partial charge in [-0.15, -0.1) is 0 Å². The Balaban J connectivity index is 1.86. The number of benzene rings is 2. The molecule has 2 aromatic carbocycles. The topological polar surface area (TPSA) is 84.5 Å². The standard InChI is InChI=1S/C16H11Cl2FN2O4/c17-10-5-3-6-11(18)14(10)16(24)25-8-13(22)20-21-15(23)9-4-1-2-7-12(9)19/h1-7H,8H2,(H,20,22)(H,21,23). The molecule has 0 unspecified atom stereocenters. The minimum atomic E-state index is -0.897. The average molecular weight is 385 g/mol. The summed E-state index contributed by atoms with van der Waals surface area (Å²) in [7, 11) is 0. The summed E-state index contributed by atoms with van der Waals surface area (Å²) in [5.41, 5.74) is 3.68. The normalized spacial score (nSPS) is 10.0. The summed E-state index contributed by atoms with van der Waals surface area (Å²) in [6.07, 6.45) is 0. The monoisotopic (exact) mass is 384 g/mol. The Bertz CT molecular complexity index is 809. The highest BCUT2D eigenvalue weighted by molar-refractivity contribution is 6.39. The molecule has 0 aromatic heterocycles. The Morgan fingerprint density at radius 2 is 1.60 bits per heavy atom. The van der Waals surface area contributed by atoms with Gasteiger partial charge in [-0.05, 0) is 24.3 Å². The largest absolute Gasteiger partial charge is 0.452 e. The maximum absolute atomic E-state index is 13.4. The van der Waals surface area contributed by atoms with Crippen molar-refractivity contribution >= 4 is 41.0 Å². The first-order valence-corrected chi connectivity index (χ1v) is 7.60. The van der Waals surface area contributed by atoms with Crippen LogP contribution in [-0.4, -0.2) is 24.4 Å². The Morgan fingerprint density at radius 3 is 2.24 bits per heavy atom. The summed E-state index contributed by atoms with van der Waals surface area (Å²) in [6, 6.07) is 9.67. The minimum Gasteiger partial charge on any atom is -0.452 e. The third-order valence-corrected chi connectivity index (χ3v) is 3.57. The van der Waals surface area contributed by atoms with Gasteiger partial charge in [0.2, 0.25) is 0 Å². The summed E-state index contributed by atoms with van der Waals surface area (Å²) < 4.78 is 18.2. The van der Waals surface area contributed by atoms with Crippen LogP contribution in [0, 0.1) is 5.82 Å². The highest BCUT2D eigenvalue weighted by Crippen LogP contribution is 2.24. The van der Waals surface area contributed by atoms with Gasteiger partial charge in [0.15, 0.2) is 6.61 Å². The summed E-state index contributed by atoms with van der Waals surface area (Å²) in [5, 5.41) is 0.150. The fourth-order valence-electron chi connectivity index (χ4n) is 1.77. The van der Waals surface area contributed by atoms with Crippen molar-refractivity contribution in [2.24, 2.45) is 0 Å². The van der Waals surface area contributed by atoms with E-state index in [1.54, 1.807) is 6.07 Å². The first-order valence-electron chi connectivity index (χ1n) is 6.85. The molecule has 25 heavy (non-hydrogen) atoms. The van der Waals surface area contributed by atoms with E-state index in [4.69, 9.17) is 27.9 Å². The number of ether oxygens (including phenoxy) is 1. The van der Waals surface area contributed by atoms with E-state index in [1.165, 1.54) is 30.3 Å². The number of carbonyl (C=O) groups excluding carboxylic acids is 3. The molecular formula is C16H11Cl2FN2O4. The molecule has 2 aromatic rings. The number of rotatable bonds is 4. The molecule has 0 spiro atoms. The van der Waals surface area contributed by atoms with Crippen LogP contribution in [0.25, 0.3) is 0 Å². The Morgan fingerprint density at radius 1 is 0.960 bits per heavy atom. The fraction of sp³-hybridized carbons (Fsp3) is 0.0625. The zero-order chi connectivity index (χ0) is 18.4. The number of esters is 1. The lowest BCUT2D eigenvalue weighted by Crippen LogP contribution is -2.43. The van der Waals surface area contributed by atoms with Crippen LogP contribution < -0.4 is 10.9 Å². The lowest BCUT2D eigenvalue weighted by molar-refractivity contribution is -0.125. The Kier molecular flexibility index (Phi) is 6.32. The molecule has 130 valence electrons. The van der Waals surface area contributed by atoms with Gasteiger partial charge in [-0.25, -0.2) is 9.18 Å². The van der Waals surface area contributed by atoms with Gasteiger partial charge >= 0.3 is 5.97 Å². The molecule has 0 saturated heterocycles. The second kappa shape index (κ2) is 8.46. The van der Waals surface area contributed by atoms with E-state index >= 15 is 0 Å². The second-order valence-electron chi connectivity index (χ2n) is 4.65. The molecule has 2 rings (SSSR count). The Labute approximate surface area is 151 Å². The lowest BCUT2D eigenvalue weighted by Gasteiger charge is -2.09. The third kappa shape index (κ3) is 4.91. The van der Waals surface area contributed by atoms with Crippen molar-refractivity contribution in [3.8, 4) is 0 Å². The molecule has 0 atom stereocenters. The zero-order valence-electron chi connectivity index (χ0n) is 12.5. The molecule has 0 aliphatic rings. The van der Waals surface area contributed by atoms with Crippen molar-refractivity contribution in [3.63, 3.8) is 0 Å². The summed E-state index contributed by atoms with van der Waals surface area (Å²) in [4.78, 5) is 35.2. The fourth-order valence-corrected chi connectivity index (χ4v) is 2.32. The number of carbonyl (C=O) groups is 3. The predicted molar refractivity (Wildman–Crippen MR) is 88.8 cm³/mol. The molecular weight excluding hydrogens is 374 g/mol. The predicted octanol–water partition coefficient (Wildman–Crippen LogP) is 2.75. The molecule has 0 bridgehead atoms. The van der Waals surface area contributed by atoms with Gasteiger partial charge in [-0.1, -0.05) is 41.4 Å². The number of nitrogens with one attached hydrogen (secondary N) is 2. The molecule has 0 fully saturated rings. The van der Waals surface area contributed by atoms with Crippen LogP contribution in [0.1, 0.15) is 20.7 Å². The number of hydrogen-bond donors (Lipinski definition) is 2. The van der Waals surface area contributed by atoms with E-state index in [0.29, 0.717) is 0 Å². The van der Waals surface area contributed by atoms with E-state index in [0.717, 1.165) is 6.07 Å². The van der Waals surface area contributed by atoms with Crippen molar-refractivity contribution in [2.45, 2.75) is 0 Å². The molecule has 0 radical (unpaired) electrons. The number of hydrogen-bond acceptors (Lipinski definition) is 4. The SMILES string of the molecule is O=C(COC(=O)c1c(Cl)cccc1Cl)NNC(=O)c1ccccc1F. The third-order valence-electron chi connectivity index (χ3n) is 2.94. The quantitative estimate of drug-likeness (QED) is 0.626. The van der Waals surface area contributed by atoms with Gasteiger partial charge < -0.3 is 4.74 Å². The van der Waals surface area contributed by atoms with Gasteiger partial charge in [0, 0.05) is 0 Å². The summed E-state index contributed by atoms with van der Waals surface area (Å²) in [5.74, 6) is -3.33. The van der Waals surface area contributed by atoms with Crippen LogP contribution in [0.5, 0.6) is 0 Å². The molecule has 0 heterocycles. The van der Waals surface area contributed by atoms with Crippen molar-refractivity contribution < 1.29 is 23.5 Å². The number of amides is 2. The average Bonchev–Trinajstić information content (AvgIpc) is 2.58. The van der Waals surface area contributed by atoms with Crippen molar-refractivity contribution in [1.82, 2.24) is 10.9 Å². The maximum Gasteiger partial charge on any atom is 0.341 e. The molecule has 0 aliphatic carbocycles. The van der Waals surface area contributed by atoms with Crippen LogP contribution in [0.15, 0.2) is 42.5 Å². The highest BCUT2D eigenvalue weighted by atomic mass is 35.5. The van der Waals surface area contributed by atoms with Gasteiger partial charge in [-0.3, -0.25) is 20.4 Å². The second-order valence-corrected chi connectivity index (χ2v) is 5.47. The lowest BCUT2D eigenvalue weighted by atomic mass is 10.2. The van der Waals surface area contributed by atoms with E-state index < -0.39 is 30.2 Å². The van der Waals surface area contributed by atoms with E-state index in [9.17, 15) is 18.8 Å². The summed E-state index contributed by atoms with van der Waals surface area (Å²) in [6.45, 7) is -0.696. The molecule has 0 aliphatic heterocycles. The molecule has 9 heteroatoms. The van der Waals surface area contributed by atoms with Crippen molar-refractivity contribution in [2.75, 3.05) is 6.61 Å². The smallest absolute Gasteiger partial charge is 0.341 e. The summed E-state index contributed by atoms with van der Waals surface area (Å²) >= 11 is 11.7. The number of hydrazine groups is 1. The van der Waals surface area contributed by atoms with Crippen LogP contribution in [0.2, 0.25) is 10.0 Å². The van der Waals surface area contributed by atoms with Crippen molar-refractivity contribution in [1.29, 1.82) is 0 Å². The van der Waals surface area contributed by atoms with Crippen molar-refractivity contribution in [3.05, 3.63) is 69.5 Å². The van der Waals surface area contributed by atoms with Crippen LogP contribution in [0.3, 0.4) is 0 Å². The first-order chi connectivity index (χ1) is 11.9. The number of halogens is 3. The van der Waals surface area contributed by atoms with Gasteiger partial charge in [0.1, 0.15) is 5.82 Å². The molecule has 0 saturated carbocycles. The minimum absolute atomic E-state index is 0.0748. The van der Waals surface area contributed by atoms with Gasteiger partial charge in [-0.2, -0.15) is 0 Å². The molecule has 2 N–H and O–H groups in total. The van der Waals surface area contributed by atoms with E-state index in [2.05, 4.69) is 0 Å². The van der Waals surface area contributed by atoms with Crippen LogP contribution in [0.4, 0.5) is 4.39 Å². The van der Waals surface area contributed by atoms with E-state index in [1.807, 2.05) is 10.9 Å².